The molecule has 0 atom stereocenters. The predicted molar refractivity (Wildman–Crippen MR) is 99.3 cm³/mol. The summed E-state index contributed by atoms with van der Waals surface area (Å²) >= 11 is 0.957. The molecule has 0 bridgehead atoms. The third-order valence-electron chi connectivity index (χ3n) is 3.37. The lowest BCUT2D eigenvalue weighted by atomic mass is 10.1. The van der Waals surface area contributed by atoms with Crippen LogP contribution in [0.3, 0.4) is 0 Å². The van der Waals surface area contributed by atoms with E-state index in [-0.39, 0.29) is 22.5 Å². The van der Waals surface area contributed by atoms with Gasteiger partial charge in [0.15, 0.2) is 0 Å². The maximum atomic E-state index is 13.6. The van der Waals surface area contributed by atoms with Crippen molar-refractivity contribution >= 4 is 29.3 Å². The predicted octanol–water partition coefficient (Wildman–Crippen LogP) is 4.08. The van der Waals surface area contributed by atoms with Gasteiger partial charge in [0, 0.05) is 17.5 Å². The SMILES string of the molecule is CC(C)CNC(=O)c1ccccc1NC(=O)CSc1ccc(F)cc1F. The molecule has 0 fully saturated rings. The highest BCUT2D eigenvalue weighted by Crippen LogP contribution is 2.23. The second-order valence-electron chi connectivity index (χ2n) is 6.06. The van der Waals surface area contributed by atoms with Crippen molar-refractivity contribution in [3.8, 4) is 0 Å². The molecule has 0 unspecified atom stereocenters. The van der Waals surface area contributed by atoms with Crippen LogP contribution in [0, 0.1) is 17.6 Å². The molecule has 0 aliphatic heterocycles. The molecule has 138 valence electrons. The van der Waals surface area contributed by atoms with Gasteiger partial charge in [-0.25, -0.2) is 8.78 Å². The minimum atomic E-state index is -0.712. The number of anilines is 1. The van der Waals surface area contributed by atoms with Crippen molar-refractivity contribution in [2.24, 2.45) is 5.92 Å². The molecule has 0 radical (unpaired) electrons. The van der Waals surface area contributed by atoms with Crippen molar-refractivity contribution in [1.29, 1.82) is 0 Å². The molecule has 26 heavy (non-hydrogen) atoms. The number of halogens is 2. The van der Waals surface area contributed by atoms with E-state index in [0.29, 0.717) is 23.7 Å². The normalized spacial score (nSPS) is 10.7. The lowest BCUT2D eigenvalue weighted by molar-refractivity contribution is -0.113. The van der Waals surface area contributed by atoms with E-state index in [1.165, 1.54) is 6.07 Å². The smallest absolute Gasteiger partial charge is 0.253 e. The van der Waals surface area contributed by atoms with E-state index in [1.807, 2.05) is 13.8 Å². The zero-order valence-corrected chi connectivity index (χ0v) is 15.3. The summed E-state index contributed by atoms with van der Waals surface area (Å²) in [4.78, 5) is 24.6. The molecule has 0 aromatic heterocycles. The maximum Gasteiger partial charge on any atom is 0.253 e. The zero-order valence-electron chi connectivity index (χ0n) is 14.5. The third kappa shape index (κ3) is 5.84. The Kier molecular flexibility index (Phi) is 7.15. The molecule has 0 heterocycles. The van der Waals surface area contributed by atoms with E-state index in [0.717, 1.165) is 23.9 Å². The van der Waals surface area contributed by atoms with Crippen molar-refractivity contribution in [3.63, 3.8) is 0 Å². The first-order chi connectivity index (χ1) is 12.4. The van der Waals surface area contributed by atoms with Gasteiger partial charge >= 0.3 is 0 Å². The fourth-order valence-corrected chi connectivity index (χ4v) is 2.82. The average Bonchev–Trinajstić information content (AvgIpc) is 2.59. The monoisotopic (exact) mass is 378 g/mol. The molecule has 0 saturated heterocycles. The second kappa shape index (κ2) is 9.33. The number of carbonyl (C=O) groups is 2. The van der Waals surface area contributed by atoms with E-state index in [1.54, 1.807) is 24.3 Å². The van der Waals surface area contributed by atoms with Crippen LogP contribution in [0.1, 0.15) is 24.2 Å². The first-order valence-corrected chi connectivity index (χ1v) is 9.10. The van der Waals surface area contributed by atoms with Gasteiger partial charge in [-0.05, 0) is 30.2 Å². The van der Waals surface area contributed by atoms with Gasteiger partial charge in [0.05, 0.1) is 17.0 Å². The number of benzene rings is 2. The Morgan fingerprint density at radius 2 is 1.85 bits per heavy atom. The van der Waals surface area contributed by atoms with Crippen LogP contribution >= 0.6 is 11.8 Å². The number of nitrogens with one attached hydrogen (secondary N) is 2. The lowest BCUT2D eigenvalue weighted by Crippen LogP contribution is -2.28. The fourth-order valence-electron chi connectivity index (χ4n) is 2.10. The molecule has 2 rings (SSSR count). The van der Waals surface area contributed by atoms with Crippen LogP contribution in [-0.2, 0) is 4.79 Å². The van der Waals surface area contributed by atoms with Crippen LogP contribution in [0.25, 0.3) is 0 Å². The standard InChI is InChI=1S/C19H20F2N2O2S/c1-12(2)10-22-19(25)14-5-3-4-6-16(14)23-18(24)11-26-17-8-7-13(20)9-15(17)21/h3-9,12H,10-11H2,1-2H3,(H,22,25)(H,23,24). The summed E-state index contributed by atoms with van der Waals surface area (Å²) in [6.45, 7) is 4.50. The van der Waals surface area contributed by atoms with E-state index in [9.17, 15) is 18.4 Å². The molecule has 2 aromatic carbocycles. The molecule has 2 aromatic rings. The molecule has 2 N–H and O–H groups in total. The minimum Gasteiger partial charge on any atom is -0.352 e. The van der Waals surface area contributed by atoms with E-state index < -0.39 is 11.6 Å². The molecule has 2 amide bonds. The Labute approximate surface area is 155 Å². The molecule has 0 spiro atoms. The largest absolute Gasteiger partial charge is 0.352 e. The Hall–Kier alpha value is -2.41. The minimum absolute atomic E-state index is 0.0650. The van der Waals surface area contributed by atoms with Crippen LogP contribution in [0.15, 0.2) is 47.4 Å². The van der Waals surface area contributed by atoms with Crippen LogP contribution in [-0.4, -0.2) is 24.1 Å². The first-order valence-electron chi connectivity index (χ1n) is 8.11. The van der Waals surface area contributed by atoms with Gasteiger partial charge in [-0.3, -0.25) is 9.59 Å². The molecule has 0 saturated carbocycles. The highest BCUT2D eigenvalue weighted by molar-refractivity contribution is 8.00. The van der Waals surface area contributed by atoms with Gasteiger partial charge in [0.1, 0.15) is 11.6 Å². The summed E-state index contributed by atoms with van der Waals surface area (Å²) in [6.07, 6.45) is 0. The highest BCUT2D eigenvalue weighted by Gasteiger charge is 2.14. The zero-order chi connectivity index (χ0) is 19.1. The molecular weight excluding hydrogens is 358 g/mol. The van der Waals surface area contributed by atoms with Gasteiger partial charge < -0.3 is 10.6 Å². The molecule has 4 nitrogen and oxygen atoms in total. The van der Waals surface area contributed by atoms with Gasteiger partial charge in [0.2, 0.25) is 5.91 Å². The lowest BCUT2D eigenvalue weighted by Gasteiger charge is -2.12. The summed E-state index contributed by atoms with van der Waals surface area (Å²) in [7, 11) is 0. The second-order valence-corrected chi connectivity index (χ2v) is 7.08. The van der Waals surface area contributed by atoms with Crippen LogP contribution < -0.4 is 10.6 Å². The summed E-state index contributed by atoms with van der Waals surface area (Å²) in [5.41, 5.74) is 0.749. The van der Waals surface area contributed by atoms with Crippen LogP contribution in [0.4, 0.5) is 14.5 Å². The Morgan fingerprint density at radius 3 is 2.54 bits per heavy atom. The van der Waals surface area contributed by atoms with Crippen LogP contribution in [0.5, 0.6) is 0 Å². The summed E-state index contributed by atoms with van der Waals surface area (Å²) in [6, 6.07) is 9.87. The van der Waals surface area contributed by atoms with Crippen molar-refractivity contribution in [3.05, 3.63) is 59.7 Å². The molecule has 7 heteroatoms. The number of hydrogen-bond donors (Lipinski definition) is 2. The summed E-state index contributed by atoms with van der Waals surface area (Å²) < 4.78 is 26.5. The van der Waals surface area contributed by atoms with Crippen molar-refractivity contribution in [2.45, 2.75) is 18.7 Å². The maximum absolute atomic E-state index is 13.6. The summed E-state index contributed by atoms with van der Waals surface area (Å²) in [5, 5.41) is 5.47. The molecule has 0 aliphatic carbocycles. The van der Waals surface area contributed by atoms with E-state index in [4.69, 9.17) is 0 Å². The van der Waals surface area contributed by atoms with Crippen molar-refractivity contribution in [1.82, 2.24) is 5.32 Å². The first kappa shape index (κ1) is 19.9. The number of thioether (sulfide) groups is 1. The van der Waals surface area contributed by atoms with Gasteiger partial charge in [-0.15, -0.1) is 11.8 Å². The highest BCUT2D eigenvalue weighted by atomic mass is 32.2. The average molecular weight is 378 g/mol. The Bertz CT molecular complexity index is 797. The van der Waals surface area contributed by atoms with Gasteiger partial charge in [-0.1, -0.05) is 26.0 Å². The summed E-state index contributed by atoms with van der Waals surface area (Å²) in [5.74, 6) is -1.80. The number of para-hydroxylation sites is 1. The number of amides is 2. The molecular formula is C19H20F2N2O2S. The Morgan fingerprint density at radius 1 is 1.12 bits per heavy atom. The third-order valence-corrected chi connectivity index (χ3v) is 4.42. The molecule has 0 aliphatic rings. The quantitative estimate of drug-likeness (QED) is 0.714. The number of hydrogen-bond acceptors (Lipinski definition) is 3. The van der Waals surface area contributed by atoms with Crippen molar-refractivity contribution in [2.75, 3.05) is 17.6 Å². The topological polar surface area (TPSA) is 58.2 Å². The number of carbonyl (C=O) groups excluding carboxylic acids is 2. The van der Waals surface area contributed by atoms with Gasteiger partial charge in [-0.2, -0.15) is 0 Å². The van der Waals surface area contributed by atoms with E-state index in [2.05, 4.69) is 10.6 Å². The number of rotatable bonds is 7. The van der Waals surface area contributed by atoms with Crippen molar-refractivity contribution < 1.29 is 18.4 Å². The fraction of sp³-hybridized carbons (Fsp3) is 0.263. The van der Waals surface area contributed by atoms with Crippen LogP contribution in [0.2, 0.25) is 0 Å². The Balaban J connectivity index is 1.99. The van der Waals surface area contributed by atoms with Gasteiger partial charge in [0.25, 0.3) is 5.91 Å². The van der Waals surface area contributed by atoms with E-state index >= 15 is 0 Å².